The van der Waals surface area contributed by atoms with Gasteiger partial charge in [0.15, 0.2) is 0 Å². The van der Waals surface area contributed by atoms with Crippen LogP contribution in [-0.4, -0.2) is 62.4 Å². The molecular weight excluding hydrogens is 220 g/mol. The third kappa shape index (κ3) is 4.61. The summed E-state index contributed by atoms with van der Waals surface area (Å²) in [6, 6.07) is 0.245. The van der Waals surface area contributed by atoms with E-state index < -0.39 is 0 Å². The van der Waals surface area contributed by atoms with Crippen molar-refractivity contribution in [1.29, 1.82) is 0 Å². The summed E-state index contributed by atoms with van der Waals surface area (Å²) in [5, 5.41) is 3.26. The van der Waals surface area contributed by atoms with Crippen molar-refractivity contribution >= 4 is 5.91 Å². The third-order valence-electron chi connectivity index (χ3n) is 2.93. The Morgan fingerprint density at radius 3 is 2.94 bits per heavy atom. The monoisotopic (exact) mass is 244 g/mol. The minimum Gasteiger partial charge on any atom is -0.379 e. The molecule has 0 saturated carbocycles. The molecule has 1 amide bonds. The molecule has 1 fully saturated rings. The maximum atomic E-state index is 12.1. The first kappa shape index (κ1) is 14.4. The molecule has 1 unspecified atom stereocenters. The number of carbonyl (C=O) groups is 1. The first-order valence-electron chi connectivity index (χ1n) is 6.37. The highest BCUT2D eigenvalue weighted by atomic mass is 16.5. The Labute approximate surface area is 103 Å². The van der Waals surface area contributed by atoms with Gasteiger partial charge in [-0.25, -0.2) is 0 Å². The van der Waals surface area contributed by atoms with Crippen molar-refractivity contribution in [2.75, 3.05) is 39.5 Å². The molecule has 2 atom stereocenters. The van der Waals surface area contributed by atoms with E-state index in [1.807, 2.05) is 18.7 Å². The number of nitrogens with zero attached hydrogens (tertiary/aromatic N) is 1. The number of rotatable bonds is 6. The highest BCUT2D eigenvalue weighted by molar-refractivity contribution is 5.81. The molecule has 0 aliphatic carbocycles. The van der Waals surface area contributed by atoms with E-state index in [4.69, 9.17) is 9.47 Å². The van der Waals surface area contributed by atoms with Crippen LogP contribution in [0.5, 0.6) is 0 Å². The maximum absolute atomic E-state index is 12.1. The molecule has 100 valence electrons. The molecule has 1 saturated heterocycles. The van der Waals surface area contributed by atoms with Crippen LogP contribution in [0.15, 0.2) is 0 Å². The van der Waals surface area contributed by atoms with E-state index in [1.54, 1.807) is 0 Å². The Balaban J connectivity index is 2.29. The average Bonchev–Trinajstić information content (AvgIpc) is 2.34. The number of ether oxygens (including phenoxy) is 2. The molecule has 5 nitrogen and oxygen atoms in total. The molecular formula is C12H24N2O3. The fourth-order valence-corrected chi connectivity index (χ4v) is 1.90. The molecule has 0 spiro atoms. The quantitative estimate of drug-likeness (QED) is 0.680. The van der Waals surface area contributed by atoms with Gasteiger partial charge in [0.05, 0.1) is 13.2 Å². The van der Waals surface area contributed by atoms with Gasteiger partial charge in [-0.2, -0.15) is 0 Å². The van der Waals surface area contributed by atoms with E-state index in [2.05, 4.69) is 12.2 Å². The Hall–Kier alpha value is -0.650. The van der Waals surface area contributed by atoms with Crippen LogP contribution in [0.2, 0.25) is 0 Å². The van der Waals surface area contributed by atoms with Crippen molar-refractivity contribution in [3.8, 4) is 0 Å². The largest absolute Gasteiger partial charge is 0.379 e. The Morgan fingerprint density at radius 1 is 1.53 bits per heavy atom. The van der Waals surface area contributed by atoms with Crippen LogP contribution in [0.25, 0.3) is 0 Å². The number of nitrogens with one attached hydrogen (secondary N) is 1. The second-order valence-electron chi connectivity index (χ2n) is 4.29. The van der Waals surface area contributed by atoms with Gasteiger partial charge < -0.3 is 19.7 Å². The van der Waals surface area contributed by atoms with Crippen molar-refractivity contribution in [2.45, 2.75) is 32.9 Å². The van der Waals surface area contributed by atoms with Crippen molar-refractivity contribution in [1.82, 2.24) is 10.2 Å². The summed E-state index contributed by atoms with van der Waals surface area (Å²) < 4.78 is 10.6. The lowest BCUT2D eigenvalue weighted by atomic mass is 10.2. The fourth-order valence-electron chi connectivity index (χ4n) is 1.90. The third-order valence-corrected chi connectivity index (χ3v) is 2.93. The number of hydrogen-bond donors (Lipinski definition) is 1. The van der Waals surface area contributed by atoms with Gasteiger partial charge in [-0.1, -0.05) is 0 Å². The predicted molar refractivity (Wildman–Crippen MR) is 66.0 cm³/mol. The summed E-state index contributed by atoms with van der Waals surface area (Å²) in [5.41, 5.74) is 0. The molecule has 0 bridgehead atoms. The minimum atomic E-state index is -0.379. The van der Waals surface area contributed by atoms with Crippen LogP contribution in [0.1, 0.15) is 20.8 Å². The molecule has 0 aromatic heterocycles. The fraction of sp³-hybridized carbons (Fsp3) is 0.917. The highest BCUT2D eigenvalue weighted by Gasteiger charge is 2.26. The normalized spacial score (nSPS) is 22.5. The second-order valence-corrected chi connectivity index (χ2v) is 4.29. The van der Waals surface area contributed by atoms with E-state index in [9.17, 15) is 4.79 Å². The zero-order valence-corrected chi connectivity index (χ0v) is 11.1. The molecule has 1 rings (SSSR count). The zero-order chi connectivity index (χ0) is 12.7. The van der Waals surface area contributed by atoms with Crippen LogP contribution >= 0.6 is 0 Å². The van der Waals surface area contributed by atoms with E-state index >= 15 is 0 Å². The summed E-state index contributed by atoms with van der Waals surface area (Å²) in [6.07, 6.45) is -0.379. The Bertz CT molecular complexity index is 236. The lowest BCUT2D eigenvalue weighted by Crippen LogP contribution is -2.54. The number of carbonyl (C=O) groups excluding carboxylic acids is 1. The van der Waals surface area contributed by atoms with E-state index in [0.717, 1.165) is 19.6 Å². The number of hydrogen-bond acceptors (Lipinski definition) is 4. The first-order valence-corrected chi connectivity index (χ1v) is 6.37. The SMILES string of the molecule is CCOCCOC(C)C(=O)N1CCNC[C@@H]1C. The van der Waals surface area contributed by atoms with Crippen LogP contribution in [0.3, 0.4) is 0 Å². The molecule has 0 aromatic carbocycles. The molecule has 17 heavy (non-hydrogen) atoms. The Morgan fingerprint density at radius 2 is 2.29 bits per heavy atom. The maximum Gasteiger partial charge on any atom is 0.251 e. The summed E-state index contributed by atoms with van der Waals surface area (Å²) >= 11 is 0. The lowest BCUT2D eigenvalue weighted by Gasteiger charge is -2.35. The van der Waals surface area contributed by atoms with Gasteiger partial charge >= 0.3 is 0 Å². The van der Waals surface area contributed by atoms with E-state index in [-0.39, 0.29) is 18.1 Å². The minimum absolute atomic E-state index is 0.0792. The standard InChI is InChI=1S/C12H24N2O3/c1-4-16-7-8-17-11(3)12(15)14-6-5-13-9-10(14)2/h10-11,13H,4-9H2,1-3H3/t10-,11?/m0/s1. The number of amides is 1. The highest BCUT2D eigenvalue weighted by Crippen LogP contribution is 2.07. The van der Waals surface area contributed by atoms with Crippen LogP contribution in [-0.2, 0) is 14.3 Å². The van der Waals surface area contributed by atoms with Gasteiger partial charge in [-0.3, -0.25) is 4.79 Å². The average molecular weight is 244 g/mol. The van der Waals surface area contributed by atoms with Gasteiger partial charge in [-0.15, -0.1) is 0 Å². The molecule has 1 aliphatic heterocycles. The smallest absolute Gasteiger partial charge is 0.251 e. The van der Waals surface area contributed by atoms with Gasteiger partial charge in [0.1, 0.15) is 6.10 Å². The van der Waals surface area contributed by atoms with E-state index in [0.29, 0.717) is 19.8 Å². The molecule has 5 heteroatoms. The lowest BCUT2D eigenvalue weighted by molar-refractivity contribution is -0.146. The molecule has 1 heterocycles. The summed E-state index contributed by atoms with van der Waals surface area (Å²) in [6.45, 7) is 9.99. The molecule has 0 radical (unpaired) electrons. The van der Waals surface area contributed by atoms with Crippen LogP contribution < -0.4 is 5.32 Å². The second kappa shape index (κ2) is 7.63. The van der Waals surface area contributed by atoms with Gasteiger partial charge in [-0.05, 0) is 20.8 Å². The van der Waals surface area contributed by atoms with Gasteiger partial charge in [0.25, 0.3) is 5.91 Å². The molecule has 1 aliphatic rings. The van der Waals surface area contributed by atoms with Crippen LogP contribution in [0.4, 0.5) is 0 Å². The molecule has 1 N–H and O–H groups in total. The van der Waals surface area contributed by atoms with Gasteiger partial charge in [0.2, 0.25) is 0 Å². The first-order chi connectivity index (χ1) is 8.16. The van der Waals surface area contributed by atoms with Crippen LogP contribution in [0, 0.1) is 0 Å². The van der Waals surface area contributed by atoms with Crippen molar-refractivity contribution in [3.05, 3.63) is 0 Å². The van der Waals surface area contributed by atoms with E-state index in [1.165, 1.54) is 0 Å². The summed E-state index contributed by atoms with van der Waals surface area (Å²) in [7, 11) is 0. The zero-order valence-electron chi connectivity index (χ0n) is 11.1. The Kier molecular flexibility index (Phi) is 6.47. The van der Waals surface area contributed by atoms with Gasteiger partial charge in [0, 0.05) is 32.3 Å². The van der Waals surface area contributed by atoms with Crippen molar-refractivity contribution in [3.63, 3.8) is 0 Å². The topological polar surface area (TPSA) is 50.8 Å². The summed E-state index contributed by atoms with van der Waals surface area (Å²) in [4.78, 5) is 14.0. The predicted octanol–water partition coefficient (Wildman–Crippen LogP) is 0.248. The summed E-state index contributed by atoms with van der Waals surface area (Å²) in [5.74, 6) is 0.0792. The number of piperazine rings is 1. The van der Waals surface area contributed by atoms with Crippen molar-refractivity contribution in [2.24, 2.45) is 0 Å². The molecule has 0 aromatic rings. The van der Waals surface area contributed by atoms with Crippen molar-refractivity contribution < 1.29 is 14.3 Å².